The van der Waals surface area contributed by atoms with Gasteiger partial charge in [0.2, 0.25) is 11.0 Å². The fourth-order valence-corrected chi connectivity index (χ4v) is 4.36. The fraction of sp³-hybridized carbons (Fsp3) is 0.294. The van der Waals surface area contributed by atoms with Gasteiger partial charge in [-0.15, -0.1) is 10.2 Å². The van der Waals surface area contributed by atoms with Crippen LogP contribution < -0.4 is 0 Å². The highest BCUT2D eigenvalue weighted by Crippen LogP contribution is 2.35. The number of aryl methyl sites for hydroxylation is 1. The van der Waals surface area contributed by atoms with Gasteiger partial charge in [0.25, 0.3) is 0 Å². The van der Waals surface area contributed by atoms with Crippen molar-refractivity contribution in [2.45, 2.75) is 36.6 Å². The zero-order valence-corrected chi connectivity index (χ0v) is 14.6. The summed E-state index contributed by atoms with van der Waals surface area (Å²) in [6.07, 6.45) is 3.03. The molecule has 0 fully saturated rings. The van der Waals surface area contributed by atoms with Crippen molar-refractivity contribution >= 4 is 17.5 Å². The van der Waals surface area contributed by atoms with Crippen LogP contribution in [0.15, 0.2) is 28.5 Å². The Kier molecular flexibility index (Phi) is 3.46. The molecule has 6 nitrogen and oxygen atoms in total. The lowest BCUT2D eigenvalue weighted by Gasteiger charge is -2.19. The Hall–Kier alpha value is -2.55. The summed E-state index contributed by atoms with van der Waals surface area (Å²) in [5.74, 6) is -1.19. The van der Waals surface area contributed by atoms with Crippen molar-refractivity contribution in [2.24, 2.45) is 5.10 Å². The van der Waals surface area contributed by atoms with Gasteiger partial charge in [-0.2, -0.15) is 14.9 Å². The number of rotatable bonds is 2. The summed E-state index contributed by atoms with van der Waals surface area (Å²) in [7, 11) is 0. The largest absolute Gasteiger partial charge is 0.282 e. The maximum atomic E-state index is 13.7. The summed E-state index contributed by atoms with van der Waals surface area (Å²) in [6, 6.07) is 3.83. The van der Waals surface area contributed by atoms with Gasteiger partial charge in [0, 0.05) is 16.8 Å². The van der Waals surface area contributed by atoms with Gasteiger partial charge in [0.1, 0.15) is 5.69 Å². The number of fused-ring (bicyclic) bond motifs is 2. The number of thioether (sulfide) groups is 1. The number of hydrogen-bond donors (Lipinski definition) is 1. The van der Waals surface area contributed by atoms with Crippen LogP contribution in [-0.4, -0.2) is 36.0 Å². The van der Waals surface area contributed by atoms with Crippen LogP contribution in [0.3, 0.4) is 0 Å². The lowest BCUT2D eigenvalue weighted by Crippen LogP contribution is -2.22. The number of aromatic nitrogens is 5. The molecule has 9 heteroatoms. The first-order chi connectivity index (χ1) is 12.6. The van der Waals surface area contributed by atoms with E-state index in [1.54, 1.807) is 4.68 Å². The molecule has 26 heavy (non-hydrogen) atoms. The van der Waals surface area contributed by atoms with E-state index in [2.05, 4.69) is 25.5 Å². The molecule has 1 aliphatic heterocycles. The summed E-state index contributed by atoms with van der Waals surface area (Å²) in [5, 5.41) is 21.2. The minimum Gasteiger partial charge on any atom is -0.282 e. The van der Waals surface area contributed by atoms with E-state index in [4.69, 9.17) is 0 Å². The lowest BCUT2D eigenvalue weighted by atomic mass is 10.1. The summed E-state index contributed by atoms with van der Waals surface area (Å²) in [4.78, 5) is 0. The molecule has 1 aromatic carbocycles. The maximum Gasteiger partial charge on any atom is 0.213 e. The van der Waals surface area contributed by atoms with Crippen molar-refractivity contribution in [3.8, 4) is 11.5 Å². The predicted molar refractivity (Wildman–Crippen MR) is 93.2 cm³/mol. The molecule has 0 saturated heterocycles. The first-order valence-electron chi connectivity index (χ1n) is 8.34. The molecule has 1 atom stereocenters. The molecule has 0 saturated carbocycles. The van der Waals surface area contributed by atoms with Crippen LogP contribution in [0.1, 0.15) is 30.2 Å². The highest BCUT2D eigenvalue weighted by molar-refractivity contribution is 8.00. The zero-order valence-electron chi connectivity index (χ0n) is 13.8. The Morgan fingerprint density at radius 3 is 2.92 bits per heavy atom. The van der Waals surface area contributed by atoms with Crippen LogP contribution in [0.4, 0.5) is 8.78 Å². The number of halogens is 2. The van der Waals surface area contributed by atoms with Crippen LogP contribution in [-0.2, 0) is 12.8 Å². The van der Waals surface area contributed by atoms with Gasteiger partial charge >= 0.3 is 0 Å². The SMILES string of the molecule is CC1Sc2nnc(-c3n[nH]c4c3CCC4)n2N=C1c1ccc(F)c(F)c1. The molecule has 5 rings (SSSR count). The van der Waals surface area contributed by atoms with Crippen LogP contribution in [0.2, 0.25) is 0 Å². The maximum absolute atomic E-state index is 13.7. The smallest absolute Gasteiger partial charge is 0.213 e. The van der Waals surface area contributed by atoms with Crippen molar-refractivity contribution in [3.05, 3.63) is 46.7 Å². The van der Waals surface area contributed by atoms with Crippen molar-refractivity contribution in [1.29, 1.82) is 0 Å². The quantitative estimate of drug-likeness (QED) is 0.750. The van der Waals surface area contributed by atoms with E-state index in [0.29, 0.717) is 22.3 Å². The summed E-state index contributed by atoms with van der Waals surface area (Å²) in [5.41, 5.74) is 4.25. The molecule has 1 unspecified atom stereocenters. The molecule has 0 amide bonds. The third kappa shape index (κ3) is 2.30. The highest BCUT2D eigenvalue weighted by Gasteiger charge is 2.29. The van der Waals surface area contributed by atoms with Gasteiger partial charge in [-0.1, -0.05) is 11.8 Å². The summed E-state index contributed by atoms with van der Waals surface area (Å²) >= 11 is 1.48. The van der Waals surface area contributed by atoms with E-state index in [-0.39, 0.29) is 5.25 Å². The number of H-pyrrole nitrogens is 1. The minimum atomic E-state index is -0.887. The number of nitrogens with zero attached hydrogens (tertiary/aromatic N) is 5. The van der Waals surface area contributed by atoms with Crippen LogP contribution in [0.25, 0.3) is 11.5 Å². The van der Waals surface area contributed by atoms with Crippen LogP contribution in [0.5, 0.6) is 0 Å². The van der Waals surface area contributed by atoms with Crippen LogP contribution in [0, 0.1) is 11.6 Å². The molecule has 3 aromatic rings. The molecule has 1 N–H and O–H groups in total. The number of benzene rings is 1. The first kappa shape index (κ1) is 15.7. The molecule has 0 bridgehead atoms. The number of hydrogen-bond acceptors (Lipinski definition) is 5. The third-order valence-electron chi connectivity index (χ3n) is 4.72. The Bertz CT molecular complexity index is 1050. The number of aromatic amines is 1. The van der Waals surface area contributed by atoms with E-state index >= 15 is 0 Å². The normalized spacial score (nSPS) is 18.6. The second-order valence-corrected chi connectivity index (χ2v) is 7.68. The van der Waals surface area contributed by atoms with Gasteiger partial charge in [0.15, 0.2) is 11.6 Å². The average molecular weight is 372 g/mol. The molecular weight excluding hydrogens is 358 g/mol. The van der Waals surface area contributed by atoms with E-state index < -0.39 is 11.6 Å². The van der Waals surface area contributed by atoms with E-state index in [9.17, 15) is 8.78 Å². The topological polar surface area (TPSA) is 71.8 Å². The monoisotopic (exact) mass is 372 g/mol. The fourth-order valence-electron chi connectivity index (χ4n) is 3.43. The molecule has 1 aliphatic carbocycles. The Labute approximate surface area is 151 Å². The van der Waals surface area contributed by atoms with Gasteiger partial charge in [-0.05, 0) is 44.4 Å². The molecular formula is C17H14F2N6S. The molecule has 0 radical (unpaired) electrons. The third-order valence-corrected chi connectivity index (χ3v) is 5.76. The van der Waals surface area contributed by atoms with Crippen LogP contribution >= 0.6 is 11.8 Å². The summed E-state index contributed by atoms with van der Waals surface area (Å²) < 4.78 is 28.6. The Balaban J connectivity index is 1.63. The standard InChI is InChI=1S/C17H14F2N6S/c1-8-14(9-5-6-11(18)12(19)7-9)24-25-16(22-23-17(25)26-8)15-10-3-2-4-13(10)20-21-15/h5-8H,2-4H2,1H3,(H,20,21). The van der Waals surface area contributed by atoms with E-state index in [1.165, 1.54) is 23.9 Å². The Morgan fingerprint density at radius 2 is 2.08 bits per heavy atom. The van der Waals surface area contributed by atoms with Crippen molar-refractivity contribution in [3.63, 3.8) is 0 Å². The molecule has 3 heterocycles. The Morgan fingerprint density at radius 1 is 1.19 bits per heavy atom. The zero-order chi connectivity index (χ0) is 17.8. The van der Waals surface area contributed by atoms with Gasteiger partial charge in [-0.25, -0.2) is 8.78 Å². The second kappa shape index (κ2) is 5.73. The van der Waals surface area contributed by atoms with Gasteiger partial charge in [0.05, 0.1) is 11.0 Å². The summed E-state index contributed by atoms with van der Waals surface area (Å²) in [6.45, 7) is 1.95. The molecule has 2 aliphatic rings. The molecule has 132 valence electrons. The highest BCUT2D eigenvalue weighted by atomic mass is 32.2. The predicted octanol–water partition coefficient (Wildman–Crippen LogP) is 3.18. The van der Waals surface area contributed by atoms with Crippen molar-refractivity contribution in [2.75, 3.05) is 0 Å². The first-order valence-corrected chi connectivity index (χ1v) is 9.22. The lowest BCUT2D eigenvalue weighted by molar-refractivity contribution is 0.508. The average Bonchev–Trinajstić information content (AvgIpc) is 3.32. The van der Waals surface area contributed by atoms with Gasteiger partial charge in [-0.3, -0.25) is 5.10 Å². The second-order valence-electron chi connectivity index (χ2n) is 6.38. The number of nitrogens with one attached hydrogen (secondary N) is 1. The molecule has 0 spiro atoms. The molecule has 2 aromatic heterocycles. The van der Waals surface area contributed by atoms with E-state index in [0.717, 1.165) is 42.3 Å². The van der Waals surface area contributed by atoms with Gasteiger partial charge < -0.3 is 0 Å². The van der Waals surface area contributed by atoms with E-state index in [1.807, 2.05) is 6.92 Å². The van der Waals surface area contributed by atoms with Crippen molar-refractivity contribution in [1.82, 2.24) is 25.1 Å². The minimum absolute atomic E-state index is 0.0608. The van der Waals surface area contributed by atoms with Crippen molar-refractivity contribution < 1.29 is 8.78 Å².